The van der Waals surface area contributed by atoms with Crippen LogP contribution in [0.5, 0.6) is 0 Å². The van der Waals surface area contributed by atoms with E-state index in [1.54, 1.807) is 30.3 Å². The Bertz CT molecular complexity index is 910. The second-order valence-electron chi connectivity index (χ2n) is 6.10. The average Bonchev–Trinajstić information content (AvgIpc) is 2.91. The predicted molar refractivity (Wildman–Crippen MR) is 101 cm³/mol. The van der Waals surface area contributed by atoms with Crippen molar-refractivity contribution in [1.82, 2.24) is 4.90 Å². The molecule has 1 aliphatic heterocycles. The maximum atomic E-state index is 14.5. The minimum atomic E-state index is -1.05. The summed E-state index contributed by atoms with van der Waals surface area (Å²) in [5.74, 6) is -2.64. The van der Waals surface area contributed by atoms with Crippen molar-refractivity contribution in [3.63, 3.8) is 0 Å². The van der Waals surface area contributed by atoms with Gasteiger partial charge in [-0.1, -0.05) is 46.3 Å². The molecule has 2 aromatic rings. The van der Waals surface area contributed by atoms with E-state index >= 15 is 0 Å². The number of carbonyl (C=O) groups is 2. The van der Waals surface area contributed by atoms with Gasteiger partial charge in [-0.15, -0.1) is 0 Å². The van der Waals surface area contributed by atoms with Crippen LogP contribution < -0.4 is 0 Å². The van der Waals surface area contributed by atoms with Crippen molar-refractivity contribution in [2.24, 2.45) is 0 Å². The second kappa shape index (κ2) is 8.02. The van der Waals surface area contributed by atoms with Crippen LogP contribution in [0.1, 0.15) is 23.6 Å². The molecule has 1 atom stereocenters. The van der Waals surface area contributed by atoms with Crippen LogP contribution in [0, 0.1) is 5.82 Å². The van der Waals surface area contributed by atoms with E-state index in [4.69, 9.17) is 5.11 Å². The zero-order chi connectivity index (χ0) is 19.6. The molecular formula is C20H17BrFNO4. The number of halogens is 2. The molecule has 0 aromatic heterocycles. The van der Waals surface area contributed by atoms with Gasteiger partial charge >= 0.3 is 0 Å². The molecule has 0 radical (unpaired) electrons. The molecule has 1 heterocycles. The van der Waals surface area contributed by atoms with Crippen molar-refractivity contribution in [3.8, 4) is 0 Å². The highest BCUT2D eigenvalue weighted by atomic mass is 79.9. The number of amides is 1. The molecule has 1 unspecified atom stereocenters. The lowest BCUT2D eigenvalue weighted by Gasteiger charge is -2.25. The number of rotatable bonds is 5. The number of ketones is 1. The monoisotopic (exact) mass is 433 g/mol. The van der Waals surface area contributed by atoms with Crippen LogP contribution in [0.2, 0.25) is 0 Å². The van der Waals surface area contributed by atoms with Crippen LogP contribution in [0.15, 0.2) is 58.6 Å². The molecule has 3 rings (SSSR count). The number of benzene rings is 2. The van der Waals surface area contributed by atoms with Crippen molar-refractivity contribution < 1.29 is 24.2 Å². The van der Waals surface area contributed by atoms with Gasteiger partial charge < -0.3 is 15.1 Å². The first-order chi connectivity index (χ1) is 13.0. The van der Waals surface area contributed by atoms with Crippen LogP contribution in [-0.2, 0) is 9.59 Å². The zero-order valence-electron chi connectivity index (χ0n) is 14.2. The smallest absolute Gasteiger partial charge is 0.295 e. The summed E-state index contributed by atoms with van der Waals surface area (Å²) >= 11 is 3.30. The second-order valence-corrected chi connectivity index (χ2v) is 7.01. The summed E-state index contributed by atoms with van der Waals surface area (Å²) in [6.07, 6.45) is 0.232. The van der Waals surface area contributed by atoms with E-state index in [0.29, 0.717) is 5.56 Å². The van der Waals surface area contributed by atoms with Gasteiger partial charge in [0.2, 0.25) is 0 Å². The molecule has 1 amide bonds. The first-order valence-electron chi connectivity index (χ1n) is 8.35. The molecule has 0 spiro atoms. The molecule has 7 heteroatoms. The normalized spacial score (nSPS) is 18.9. The molecule has 0 saturated carbocycles. The number of hydrogen-bond donors (Lipinski definition) is 2. The lowest BCUT2D eigenvalue weighted by molar-refractivity contribution is -0.140. The number of nitrogens with zero attached hydrogens (tertiary/aromatic N) is 1. The molecule has 0 bridgehead atoms. The van der Waals surface area contributed by atoms with Crippen LogP contribution in [-0.4, -0.2) is 40.0 Å². The van der Waals surface area contributed by atoms with Gasteiger partial charge in [-0.2, -0.15) is 0 Å². The Morgan fingerprint density at radius 2 is 1.78 bits per heavy atom. The van der Waals surface area contributed by atoms with Crippen LogP contribution in [0.3, 0.4) is 0 Å². The van der Waals surface area contributed by atoms with Gasteiger partial charge in [0, 0.05) is 28.8 Å². The molecule has 1 saturated heterocycles. The molecule has 1 fully saturated rings. The van der Waals surface area contributed by atoms with Gasteiger partial charge in [-0.3, -0.25) is 9.59 Å². The fourth-order valence-electron chi connectivity index (χ4n) is 3.14. The van der Waals surface area contributed by atoms with Gasteiger partial charge in [-0.05, 0) is 24.6 Å². The van der Waals surface area contributed by atoms with E-state index in [1.807, 2.05) is 0 Å². The molecule has 5 nitrogen and oxygen atoms in total. The summed E-state index contributed by atoms with van der Waals surface area (Å²) in [5, 5.41) is 19.9. The largest absolute Gasteiger partial charge is 0.507 e. The molecule has 140 valence electrons. The minimum absolute atomic E-state index is 0.0667. The Hall–Kier alpha value is -2.51. The molecule has 2 aromatic carbocycles. The van der Waals surface area contributed by atoms with Crippen LogP contribution in [0.25, 0.3) is 5.76 Å². The third kappa shape index (κ3) is 3.65. The number of likely N-dealkylation sites (tertiary alicyclic amines) is 1. The summed E-state index contributed by atoms with van der Waals surface area (Å²) in [7, 11) is 0. The molecule has 2 N–H and O–H groups in total. The number of aliphatic hydroxyl groups is 2. The topological polar surface area (TPSA) is 77.8 Å². The predicted octanol–water partition coefficient (Wildman–Crippen LogP) is 3.39. The third-order valence-electron chi connectivity index (χ3n) is 4.41. The van der Waals surface area contributed by atoms with Gasteiger partial charge in [0.05, 0.1) is 11.6 Å². The standard InChI is InChI=1S/C20H17BrFNO4/c21-13-8-6-12(7-9-13)18(25)16-17(14-4-1-2-5-15(14)22)23(10-3-11-24)20(27)19(16)26/h1-2,4-9,17,24-25H,3,10-11H2/b18-16+. The summed E-state index contributed by atoms with van der Waals surface area (Å²) in [4.78, 5) is 26.4. The number of Topliss-reactive ketones (excluding diaryl/α,β-unsaturated/α-hetero) is 1. The lowest BCUT2D eigenvalue weighted by atomic mass is 9.95. The Morgan fingerprint density at radius 1 is 1.11 bits per heavy atom. The summed E-state index contributed by atoms with van der Waals surface area (Å²) in [6.45, 7) is -0.114. The highest BCUT2D eigenvalue weighted by molar-refractivity contribution is 9.10. The molecule has 0 aliphatic carbocycles. The molecule has 27 heavy (non-hydrogen) atoms. The fourth-order valence-corrected chi connectivity index (χ4v) is 3.40. The minimum Gasteiger partial charge on any atom is -0.507 e. The Labute approximate surface area is 163 Å². The van der Waals surface area contributed by atoms with Gasteiger partial charge in [0.15, 0.2) is 0 Å². The summed E-state index contributed by atoms with van der Waals surface area (Å²) in [5.41, 5.74) is 0.304. The highest BCUT2D eigenvalue weighted by Gasteiger charge is 2.46. The fraction of sp³-hybridized carbons (Fsp3) is 0.200. The van der Waals surface area contributed by atoms with E-state index in [-0.39, 0.29) is 36.5 Å². The summed E-state index contributed by atoms with van der Waals surface area (Å²) in [6, 6.07) is 11.3. The van der Waals surface area contributed by atoms with E-state index in [2.05, 4.69) is 15.9 Å². The Balaban J connectivity index is 2.18. The SMILES string of the molecule is O=C1C(=O)N(CCCO)C(c2ccccc2F)/C1=C(\O)c1ccc(Br)cc1. The maximum Gasteiger partial charge on any atom is 0.295 e. The lowest BCUT2D eigenvalue weighted by Crippen LogP contribution is -2.31. The van der Waals surface area contributed by atoms with Crippen molar-refractivity contribution >= 4 is 33.4 Å². The van der Waals surface area contributed by atoms with Crippen LogP contribution >= 0.6 is 15.9 Å². The van der Waals surface area contributed by atoms with Crippen LogP contribution in [0.4, 0.5) is 4.39 Å². The maximum absolute atomic E-state index is 14.5. The Morgan fingerprint density at radius 3 is 2.41 bits per heavy atom. The zero-order valence-corrected chi connectivity index (χ0v) is 15.8. The van der Waals surface area contributed by atoms with Gasteiger partial charge in [0.25, 0.3) is 11.7 Å². The molecule has 1 aliphatic rings. The van der Waals surface area contributed by atoms with Crippen molar-refractivity contribution in [2.75, 3.05) is 13.2 Å². The molecular weight excluding hydrogens is 417 g/mol. The number of hydrogen-bond acceptors (Lipinski definition) is 4. The number of aliphatic hydroxyl groups excluding tert-OH is 2. The third-order valence-corrected chi connectivity index (χ3v) is 4.94. The van der Waals surface area contributed by atoms with Crippen molar-refractivity contribution in [1.29, 1.82) is 0 Å². The summed E-state index contributed by atoms with van der Waals surface area (Å²) < 4.78 is 15.3. The highest BCUT2D eigenvalue weighted by Crippen LogP contribution is 2.40. The quantitative estimate of drug-likeness (QED) is 0.430. The van der Waals surface area contributed by atoms with E-state index < -0.39 is 23.5 Å². The van der Waals surface area contributed by atoms with Crippen molar-refractivity contribution in [2.45, 2.75) is 12.5 Å². The Kier molecular flexibility index (Phi) is 5.72. The first-order valence-corrected chi connectivity index (χ1v) is 9.14. The van der Waals surface area contributed by atoms with E-state index in [9.17, 15) is 19.1 Å². The van der Waals surface area contributed by atoms with E-state index in [0.717, 1.165) is 4.47 Å². The first kappa shape index (κ1) is 19.3. The number of carbonyl (C=O) groups excluding carboxylic acids is 2. The van der Waals surface area contributed by atoms with Crippen molar-refractivity contribution in [3.05, 3.63) is 75.5 Å². The average molecular weight is 434 g/mol. The van der Waals surface area contributed by atoms with Gasteiger partial charge in [-0.25, -0.2) is 4.39 Å². The van der Waals surface area contributed by atoms with Gasteiger partial charge in [0.1, 0.15) is 11.6 Å². The van der Waals surface area contributed by atoms with E-state index in [1.165, 1.54) is 23.1 Å².